The van der Waals surface area contributed by atoms with Crippen molar-refractivity contribution in [3.8, 4) is 6.07 Å². The fourth-order valence-electron chi connectivity index (χ4n) is 2.39. The second-order valence-electron chi connectivity index (χ2n) is 5.49. The van der Waals surface area contributed by atoms with Gasteiger partial charge in [0.1, 0.15) is 6.04 Å². The fraction of sp³-hybridized carbons (Fsp3) is 0.167. The summed E-state index contributed by atoms with van der Waals surface area (Å²) < 4.78 is 39.1. The van der Waals surface area contributed by atoms with Gasteiger partial charge in [-0.2, -0.15) is 18.4 Å². The molecule has 0 radical (unpaired) electrons. The number of nitriles is 1. The zero-order valence-corrected chi connectivity index (χ0v) is 13.4. The molecule has 2 aromatic rings. The molecule has 26 heavy (non-hydrogen) atoms. The molecule has 0 aromatic heterocycles. The number of nitrogens with two attached hydrogens (primary N) is 1. The van der Waals surface area contributed by atoms with E-state index in [4.69, 9.17) is 11.0 Å². The third kappa shape index (κ3) is 4.60. The number of nitrogens with zero attached hydrogens (tertiary/aromatic N) is 1. The molecule has 1 atom stereocenters. The van der Waals surface area contributed by atoms with Gasteiger partial charge in [-0.1, -0.05) is 24.3 Å². The Hall–Kier alpha value is -3.34. The average Bonchev–Trinajstić information content (AvgIpc) is 2.60. The lowest BCUT2D eigenvalue weighted by Crippen LogP contribution is -2.46. The van der Waals surface area contributed by atoms with E-state index < -0.39 is 35.2 Å². The van der Waals surface area contributed by atoms with Gasteiger partial charge in [0.2, 0.25) is 5.91 Å². The van der Waals surface area contributed by atoms with Crippen molar-refractivity contribution in [3.05, 3.63) is 70.8 Å². The highest BCUT2D eigenvalue weighted by Crippen LogP contribution is 2.31. The molecule has 0 saturated heterocycles. The molecule has 2 aromatic carbocycles. The molecule has 0 spiro atoms. The first kappa shape index (κ1) is 19.0. The first-order valence-corrected chi connectivity index (χ1v) is 7.48. The van der Waals surface area contributed by atoms with Crippen LogP contribution < -0.4 is 11.1 Å². The van der Waals surface area contributed by atoms with Gasteiger partial charge in [0.05, 0.1) is 22.8 Å². The fourth-order valence-corrected chi connectivity index (χ4v) is 2.39. The van der Waals surface area contributed by atoms with E-state index in [9.17, 15) is 22.8 Å². The van der Waals surface area contributed by atoms with E-state index >= 15 is 0 Å². The highest BCUT2D eigenvalue weighted by molar-refractivity contribution is 5.98. The van der Waals surface area contributed by atoms with Crippen molar-refractivity contribution in [3.63, 3.8) is 0 Å². The van der Waals surface area contributed by atoms with E-state index in [0.29, 0.717) is 11.1 Å². The van der Waals surface area contributed by atoms with E-state index in [1.165, 1.54) is 18.2 Å². The molecule has 5 nitrogen and oxygen atoms in total. The van der Waals surface area contributed by atoms with Crippen LogP contribution in [0.4, 0.5) is 13.2 Å². The van der Waals surface area contributed by atoms with Crippen molar-refractivity contribution in [2.24, 2.45) is 5.73 Å². The Balaban J connectivity index is 2.24. The maximum absolute atomic E-state index is 13.0. The zero-order valence-electron chi connectivity index (χ0n) is 13.4. The number of hydrogen-bond acceptors (Lipinski definition) is 3. The van der Waals surface area contributed by atoms with Gasteiger partial charge in [-0.3, -0.25) is 9.59 Å². The summed E-state index contributed by atoms with van der Waals surface area (Å²) in [5.41, 5.74) is 4.45. The molecular weight excluding hydrogens is 347 g/mol. The van der Waals surface area contributed by atoms with Gasteiger partial charge in [0, 0.05) is 6.42 Å². The predicted molar refractivity (Wildman–Crippen MR) is 86.8 cm³/mol. The summed E-state index contributed by atoms with van der Waals surface area (Å²) in [4.78, 5) is 23.9. The van der Waals surface area contributed by atoms with E-state index in [1.54, 1.807) is 18.2 Å². The van der Waals surface area contributed by atoms with Crippen molar-refractivity contribution in [2.75, 3.05) is 0 Å². The Morgan fingerprint density at radius 3 is 2.46 bits per heavy atom. The molecule has 0 fully saturated rings. The molecule has 2 amide bonds. The van der Waals surface area contributed by atoms with Crippen LogP contribution in [0.15, 0.2) is 48.5 Å². The standard InChI is InChI=1S/C18H14F3N3O2/c19-18(20,21)14-7-2-1-6-13(14)17(26)24-15(16(23)25)9-11-4-3-5-12(8-11)10-22/h1-8,15H,9H2,(H2,23,25)(H,24,26)/t15-/m0/s1. The number of carbonyl (C=O) groups excluding carboxylic acids is 2. The normalized spacial score (nSPS) is 12.1. The number of carbonyl (C=O) groups is 2. The molecule has 2 rings (SSSR count). The largest absolute Gasteiger partial charge is 0.417 e. The summed E-state index contributed by atoms with van der Waals surface area (Å²) in [5.74, 6) is -1.96. The number of rotatable bonds is 5. The third-order valence-electron chi connectivity index (χ3n) is 3.62. The predicted octanol–water partition coefficient (Wildman–Crippen LogP) is 2.40. The summed E-state index contributed by atoms with van der Waals surface area (Å²) in [7, 11) is 0. The lowest BCUT2D eigenvalue weighted by atomic mass is 10.0. The topological polar surface area (TPSA) is 96.0 Å². The van der Waals surface area contributed by atoms with Crippen LogP contribution in [0.25, 0.3) is 0 Å². The second kappa shape index (κ2) is 7.70. The Morgan fingerprint density at radius 1 is 1.15 bits per heavy atom. The minimum atomic E-state index is -4.71. The number of nitrogens with one attached hydrogen (secondary N) is 1. The van der Waals surface area contributed by atoms with Crippen LogP contribution in [0.2, 0.25) is 0 Å². The third-order valence-corrected chi connectivity index (χ3v) is 3.62. The Labute approximate surface area is 147 Å². The molecule has 0 bridgehead atoms. The molecule has 0 unspecified atom stereocenters. The molecule has 0 heterocycles. The summed E-state index contributed by atoms with van der Waals surface area (Å²) in [6, 6.07) is 11.2. The minimum Gasteiger partial charge on any atom is -0.368 e. The highest BCUT2D eigenvalue weighted by Gasteiger charge is 2.35. The van der Waals surface area contributed by atoms with E-state index in [0.717, 1.165) is 12.1 Å². The molecule has 0 aliphatic rings. The van der Waals surface area contributed by atoms with Gasteiger partial charge < -0.3 is 11.1 Å². The molecule has 0 saturated carbocycles. The van der Waals surface area contributed by atoms with Crippen LogP contribution in [-0.4, -0.2) is 17.9 Å². The molecular formula is C18H14F3N3O2. The lowest BCUT2D eigenvalue weighted by molar-refractivity contribution is -0.137. The van der Waals surface area contributed by atoms with Crippen molar-refractivity contribution in [2.45, 2.75) is 18.6 Å². The van der Waals surface area contributed by atoms with Crippen molar-refractivity contribution in [1.29, 1.82) is 5.26 Å². The smallest absolute Gasteiger partial charge is 0.368 e. The number of primary amides is 1. The monoisotopic (exact) mass is 361 g/mol. The highest BCUT2D eigenvalue weighted by atomic mass is 19.4. The number of hydrogen-bond donors (Lipinski definition) is 2. The van der Waals surface area contributed by atoms with Crippen molar-refractivity contribution in [1.82, 2.24) is 5.32 Å². The second-order valence-corrected chi connectivity index (χ2v) is 5.49. The first-order chi connectivity index (χ1) is 12.2. The SMILES string of the molecule is N#Cc1cccc(C[C@H](NC(=O)c2ccccc2C(F)(F)F)C(N)=O)c1. The maximum Gasteiger partial charge on any atom is 0.417 e. The van der Waals surface area contributed by atoms with Gasteiger partial charge >= 0.3 is 6.18 Å². The molecule has 0 aliphatic heterocycles. The van der Waals surface area contributed by atoms with Crippen LogP contribution in [-0.2, 0) is 17.4 Å². The van der Waals surface area contributed by atoms with Crippen molar-refractivity contribution >= 4 is 11.8 Å². The first-order valence-electron chi connectivity index (χ1n) is 7.48. The van der Waals surface area contributed by atoms with Crippen LogP contribution >= 0.6 is 0 Å². The summed E-state index contributed by atoms with van der Waals surface area (Å²) >= 11 is 0. The maximum atomic E-state index is 13.0. The minimum absolute atomic E-state index is 0.0508. The van der Waals surface area contributed by atoms with Gasteiger partial charge in [0.25, 0.3) is 5.91 Å². The van der Waals surface area contributed by atoms with Crippen LogP contribution in [0.1, 0.15) is 27.0 Å². The Bertz CT molecular complexity index is 872. The van der Waals surface area contributed by atoms with Gasteiger partial charge in [-0.25, -0.2) is 0 Å². The molecule has 8 heteroatoms. The van der Waals surface area contributed by atoms with Gasteiger partial charge in [-0.05, 0) is 29.8 Å². The number of amides is 2. The van der Waals surface area contributed by atoms with Gasteiger partial charge in [-0.15, -0.1) is 0 Å². The quantitative estimate of drug-likeness (QED) is 0.856. The number of alkyl halides is 3. The van der Waals surface area contributed by atoms with Gasteiger partial charge in [0.15, 0.2) is 0 Å². The Morgan fingerprint density at radius 2 is 1.85 bits per heavy atom. The van der Waals surface area contributed by atoms with Crippen LogP contribution in [0.3, 0.4) is 0 Å². The van der Waals surface area contributed by atoms with Crippen molar-refractivity contribution < 1.29 is 22.8 Å². The molecule has 0 aliphatic carbocycles. The van der Waals surface area contributed by atoms with Crippen LogP contribution in [0, 0.1) is 11.3 Å². The summed E-state index contributed by atoms with van der Waals surface area (Å²) in [6.07, 6.45) is -4.76. The molecule has 3 N–H and O–H groups in total. The summed E-state index contributed by atoms with van der Waals surface area (Å²) in [6.45, 7) is 0. The van der Waals surface area contributed by atoms with E-state index in [2.05, 4.69) is 5.32 Å². The average molecular weight is 361 g/mol. The van der Waals surface area contributed by atoms with E-state index in [-0.39, 0.29) is 6.42 Å². The van der Waals surface area contributed by atoms with E-state index in [1.807, 2.05) is 6.07 Å². The number of halogens is 3. The Kier molecular flexibility index (Phi) is 5.62. The zero-order chi connectivity index (χ0) is 19.3. The number of benzene rings is 2. The lowest BCUT2D eigenvalue weighted by Gasteiger charge is -2.18. The molecule has 134 valence electrons. The summed E-state index contributed by atoms with van der Waals surface area (Å²) in [5, 5.41) is 11.1. The van der Waals surface area contributed by atoms with Crippen LogP contribution in [0.5, 0.6) is 0 Å².